The molecule has 0 radical (unpaired) electrons. The van der Waals surface area contributed by atoms with Crippen molar-refractivity contribution < 1.29 is 19.0 Å². The van der Waals surface area contributed by atoms with Crippen LogP contribution in [0.1, 0.15) is 30.5 Å². The summed E-state index contributed by atoms with van der Waals surface area (Å²) in [5.41, 5.74) is 3.60. The van der Waals surface area contributed by atoms with Crippen LogP contribution >= 0.6 is 11.6 Å². The number of benzene rings is 3. The lowest BCUT2D eigenvalue weighted by molar-refractivity contribution is -0.130. The molecule has 8 nitrogen and oxygen atoms in total. The summed E-state index contributed by atoms with van der Waals surface area (Å²) in [4.78, 5) is 29.3. The number of methoxy groups -OCH3 is 3. The van der Waals surface area contributed by atoms with Crippen molar-refractivity contribution in [2.75, 3.05) is 21.3 Å². The lowest BCUT2D eigenvalue weighted by Gasteiger charge is -2.22. The number of pyridine rings is 1. The van der Waals surface area contributed by atoms with Crippen LogP contribution in [0.4, 0.5) is 0 Å². The number of rotatable bonds is 6. The van der Waals surface area contributed by atoms with E-state index >= 15 is 0 Å². The molecule has 1 atom stereocenters. The average molecular weight is 532 g/mol. The Hall–Kier alpha value is -4.30. The zero-order valence-electron chi connectivity index (χ0n) is 21.4. The van der Waals surface area contributed by atoms with E-state index in [0.29, 0.717) is 45.5 Å². The molecule has 1 amide bonds. The molecule has 9 heteroatoms. The maximum atomic E-state index is 13.6. The summed E-state index contributed by atoms with van der Waals surface area (Å²) >= 11 is 6.16. The minimum atomic E-state index is -0.486. The Labute approximate surface area is 224 Å². The molecular formula is C29H26ClN3O5. The lowest BCUT2D eigenvalue weighted by atomic mass is 9.91. The summed E-state index contributed by atoms with van der Waals surface area (Å²) in [5.74, 6) is 1.11. The Bertz CT molecular complexity index is 1600. The molecule has 1 aliphatic rings. The molecule has 1 aromatic heterocycles. The Balaban J connectivity index is 1.70. The summed E-state index contributed by atoms with van der Waals surface area (Å²) in [7, 11) is 4.60. The Morgan fingerprint density at radius 2 is 1.63 bits per heavy atom. The topological polar surface area (TPSA) is 93.2 Å². The molecule has 0 unspecified atom stereocenters. The summed E-state index contributed by atoms with van der Waals surface area (Å²) in [6.45, 7) is 1.45. The summed E-state index contributed by atoms with van der Waals surface area (Å²) < 4.78 is 16.5. The molecule has 1 N–H and O–H groups in total. The molecule has 0 bridgehead atoms. The fraction of sp³-hybridized carbons (Fsp3) is 0.207. The number of amides is 1. The molecule has 1 aliphatic heterocycles. The van der Waals surface area contributed by atoms with E-state index in [1.165, 1.54) is 33.3 Å². The first kappa shape index (κ1) is 25.4. The van der Waals surface area contributed by atoms with E-state index in [9.17, 15) is 9.59 Å². The number of fused-ring (bicyclic) bond motifs is 1. The monoisotopic (exact) mass is 531 g/mol. The number of para-hydroxylation sites is 1. The number of carbonyl (C=O) groups excluding carboxylic acids is 1. The maximum Gasteiger partial charge on any atom is 0.258 e. The predicted molar refractivity (Wildman–Crippen MR) is 148 cm³/mol. The first-order valence-electron chi connectivity index (χ1n) is 11.9. The molecule has 194 valence electrons. The number of nitrogens with one attached hydrogen (secondary N) is 1. The molecule has 0 saturated carbocycles. The van der Waals surface area contributed by atoms with Crippen LogP contribution in [-0.4, -0.2) is 42.9 Å². The van der Waals surface area contributed by atoms with Crippen molar-refractivity contribution in [3.63, 3.8) is 0 Å². The normalized spacial score (nSPS) is 14.9. The number of hydrogen-bond acceptors (Lipinski definition) is 6. The molecule has 4 aromatic rings. The molecule has 5 rings (SSSR count). The number of H-pyrrole nitrogens is 1. The molecule has 0 aliphatic carbocycles. The van der Waals surface area contributed by atoms with E-state index < -0.39 is 6.04 Å². The predicted octanol–water partition coefficient (Wildman–Crippen LogP) is 5.57. The number of carbonyl (C=O) groups is 1. The van der Waals surface area contributed by atoms with Crippen molar-refractivity contribution in [1.82, 2.24) is 9.99 Å². The van der Waals surface area contributed by atoms with E-state index in [-0.39, 0.29) is 11.5 Å². The van der Waals surface area contributed by atoms with Crippen LogP contribution < -0.4 is 19.8 Å². The third kappa shape index (κ3) is 4.37. The van der Waals surface area contributed by atoms with Gasteiger partial charge in [0.25, 0.3) is 5.56 Å². The maximum absolute atomic E-state index is 13.6. The van der Waals surface area contributed by atoms with Crippen LogP contribution in [0, 0.1) is 0 Å². The second kappa shape index (κ2) is 10.2. The highest BCUT2D eigenvalue weighted by molar-refractivity contribution is 6.30. The molecule has 2 heterocycles. The zero-order chi connectivity index (χ0) is 27.0. The van der Waals surface area contributed by atoms with Crippen molar-refractivity contribution in [2.24, 2.45) is 5.10 Å². The third-order valence-corrected chi connectivity index (χ3v) is 6.90. The van der Waals surface area contributed by atoms with Crippen molar-refractivity contribution in [3.8, 4) is 28.4 Å². The van der Waals surface area contributed by atoms with Gasteiger partial charge < -0.3 is 19.2 Å². The molecule has 0 fully saturated rings. The molecule has 0 spiro atoms. The second-order valence-corrected chi connectivity index (χ2v) is 9.28. The number of aromatic amines is 1. The Kier molecular flexibility index (Phi) is 6.82. The largest absolute Gasteiger partial charge is 0.493 e. The van der Waals surface area contributed by atoms with Gasteiger partial charge in [-0.1, -0.05) is 41.9 Å². The molecular weight excluding hydrogens is 506 g/mol. The highest BCUT2D eigenvalue weighted by atomic mass is 35.5. The van der Waals surface area contributed by atoms with Gasteiger partial charge >= 0.3 is 0 Å². The van der Waals surface area contributed by atoms with Crippen molar-refractivity contribution in [3.05, 3.63) is 87.2 Å². The molecule has 38 heavy (non-hydrogen) atoms. The molecule has 0 saturated heterocycles. The van der Waals surface area contributed by atoms with Gasteiger partial charge in [0.2, 0.25) is 11.7 Å². The number of aromatic nitrogens is 1. The van der Waals surface area contributed by atoms with Gasteiger partial charge in [-0.15, -0.1) is 0 Å². The van der Waals surface area contributed by atoms with Crippen LogP contribution in [0.25, 0.3) is 22.0 Å². The van der Waals surface area contributed by atoms with Gasteiger partial charge in [-0.25, -0.2) is 5.01 Å². The van der Waals surface area contributed by atoms with Crippen LogP contribution in [0.5, 0.6) is 17.2 Å². The van der Waals surface area contributed by atoms with Crippen molar-refractivity contribution in [1.29, 1.82) is 0 Å². The van der Waals surface area contributed by atoms with E-state index in [2.05, 4.69) is 10.1 Å². The van der Waals surface area contributed by atoms with Crippen LogP contribution in [0.15, 0.2) is 70.6 Å². The van der Waals surface area contributed by atoms with Crippen LogP contribution in [0.2, 0.25) is 5.02 Å². The van der Waals surface area contributed by atoms with Crippen LogP contribution in [0.3, 0.4) is 0 Å². The second-order valence-electron chi connectivity index (χ2n) is 8.85. The highest BCUT2D eigenvalue weighted by Crippen LogP contribution is 2.43. The summed E-state index contributed by atoms with van der Waals surface area (Å²) in [6.07, 6.45) is 0.306. The van der Waals surface area contributed by atoms with Gasteiger partial charge in [-0.05, 0) is 41.5 Å². The SMILES string of the molecule is COc1cc([C@@H]2CC(c3c(-c4ccc(Cl)cc4)c4ccccc4[nH]c3=O)=NN2C(C)=O)cc(OC)c1OC. The van der Waals surface area contributed by atoms with Crippen LogP contribution in [-0.2, 0) is 4.79 Å². The fourth-order valence-corrected chi connectivity index (χ4v) is 5.07. The van der Waals surface area contributed by atoms with Gasteiger partial charge in [-0.2, -0.15) is 5.10 Å². The standard InChI is InChI=1S/C29H26ClN3O5/c1-16(34)33-23(18-13-24(36-2)28(38-4)25(14-18)37-3)15-22(32-33)27-26(17-9-11-19(30)12-10-17)20-7-5-6-8-21(20)31-29(27)35/h5-14,23H,15H2,1-4H3,(H,31,35)/t23-/m0/s1. The van der Waals surface area contributed by atoms with Gasteiger partial charge in [-0.3, -0.25) is 9.59 Å². The van der Waals surface area contributed by atoms with Gasteiger partial charge in [0.1, 0.15) is 0 Å². The smallest absolute Gasteiger partial charge is 0.258 e. The lowest BCUT2D eigenvalue weighted by Crippen LogP contribution is -2.24. The number of hydrogen-bond donors (Lipinski definition) is 1. The van der Waals surface area contributed by atoms with Crippen molar-refractivity contribution in [2.45, 2.75) is 19.4 Å². The van der Waals surface area contributed by atoms with Gasteiger partial charge in [0.15, 0.2) is 11.5 Å². The first-order valence-corrected chi connectivity index (χ1v) is 12.3. The number of halogens is 1. The first-order chi connectivity index (χ1) is 18.4. The van der Waals surface area contributed by atoms with Gasteiger partial charge in [0, 0.05) is 34.8 Å². The van der Waals surface area contributed by atoms with Gasteiger partial charge in [0.05, 0.1) is 38.6 Å². The van der Waals surface area contributed by atoms with E-state index in [4.69, 9.17) is 25.8 Å². The highest BCUT2D eigenvalue weighted by Gasteiger charge is 2.35. The minimum Gasteiger partial charge on any atom is -0.493 e. The van der Waals surface area contributed by atoms with E-state index in [1.807, 2.05) is 36.4 Å². The fourth-order valence-electron chi connectivity index (χ4n) is 4.94. The number of ether oxygens (including phenoxy) is 3. The van der Waals surface area contributed by atoms with E-state index in [1.54, 1.807) is 24.3 Å². The third-order valence-electron chi connectivity index (χ3n) is 6.65. The minimum absolute atomic E-state index is 0.260. The Morgan fingerprint density at radius 1 is 0.974 bits per heavy atom. The summed E-state index contributed by atoms with van der Waals surface area (Å²) in [5, 5.41) is 7.53. The average Bonchev–Trinajstić information content (AvgIpc) is 3.37. The van der Waals surface area contributed by atoms with Crippen molar-refractivity contribution >= 4 is 34.1 Å². The quantitative estimate of drug-likeness (QED) is 0.351. The zero-order valence-corrected chi connectivity index (χ0v) is 22.1. The molecule has 3 aromatic carbocycles. The summed E-state index contributed by atoms with van der Waals surface area (Å²) in [6, 6.07) is 18.0. The Morgan fingerprint density at radius 3 is 2.24 bits per heavy atom. The number of nitrogens with zero attached hydrogens (tertiary/aromatic N) is 2. The number of hydrazone groups is 1. The van der Waals surface area contributed by atoms with E-state index in [0.717, 1.165) is 22.1 Å².